The number of likely N-dealkylation sites (tertiary alicyclic amines) is 1. The minimum absolute atomic E-state index is 0.137. The Morgan fingerprint density at radius 2 is 1.75 bits per heavy atom. The largest absolute Gasteiger partial charge is 0.323 e. The van der Waals surface area contributed by atoms with Crippen LogP contribution in [0.4, 0.5) is 0 Å². The molecule has 20 heavy (non-hydrogen) atoms. The standard InChI is InChI=1S/C18H28N2/c1-14(18(19)16-10-3-2-4-11-16)20-13-7-12-17(20)15-8-5-6-9-15/h2-4,10-11,14-15,17-18H,5-9,12-13,19H2,1H3. The van der Waals surface area contributed by atoms with Crippen molar-refractivity contribution in [1.82, 2.24) is 4.90 Å². The Labute approximate surface area is 123 Å². The van der Waals surface area contributed by atoms with Crippen LogP contribution >= 0.6 is 0 Å². The molecule has 1 aliphatic heterocycles. The van der Waals surface area contributed by atoms with Crippen LogP contribution in [0.15, 0.2) is 30.3 Å². The third-order valence-electron chi connectivity index (χ3n) is 5.51. The molecule has 1 aliphatic carbocycles. The van der Waals surface area contributed by atoms with Gasteiger partial charge in [0, 0.05) is 18.1 Å². The van der Waals surface area contributed by atoms with E-state index in [1.807, 2.05) is 0 Å². The average Bonchev–Trinajstić information content (AvgIpc) is 3.16. The molecule has 0 bridgehead atoms. The van der Waals surface area contributed by atoms with Gasteiger partial charge in [0.2, 0.25) is 0 Å². The molecule has 1 saturated carbocycles. The molecule has 1 saturated heterocycles. The molecule has 110 valence electrons. The van der Waals surface area contributed by atoms with Crippen molar-refractivity contribution in [2.45, 2.75) is 63.6 Å². The Bertz CT molecular complexity index is 411. The predicted octanol–water partition coefficient (Wildman–Crippen LogP) is 3.73. The van der Waals surface area contributed by atoms with Crippen molar-refractivity contribution in [3.63, 3.8) is 0 Å². The molecule has 1 aromatic carbocycles. The van der Waals surface area contributed by atoms with Crippen LogP contribution in [0.2, 0.25) is 0 Å². The Kier molecular flexibility index (Phi) is 4.42. The first-order chi connectivity index (χ1) is 9.77. The van der Waals surface area contributed by atoms with Crippen LogP contribution in [0, 0.1) is 5.92 Å². The quantitative estimate of drug-likeness (QED) is 0.905. The normalized spacial score (nSPS) is 27.8. The molecule has 3 unspecified atom stereocenters. The van der Waals surface area contributed by atoms with Gasteiger partial charge in [-0.25, -0.2) is 0 Å². The highest BCUT2D eigenvalue weighted by atomic mass is 15.2. The maximum absolute atomic E-state index is 6.54. The molecule has 3 rings (SSSR count). The van der Waals surface area contributed by atoms with Gasteiger partial charge in [-0.05, 0) is 50.6 Å². The van der Waals surface area contributed by atoms with Gasteiger partial charge in [0.25, 0.3) is 0 Å². The molecule has 0 amide bonds. The average molecular weight is 272 g/mol. The number of hydrogen-bond acceptors (Lipinski definition) is 2. The molecular formula is C18H28N2. The van der Waals surface area contributed by atoms with E-state index in [-0.39, 0.29) is 6.04 Å². The van der Waals surface area contributed by atoms with Gasteiger partial charge in [0.1, 0.15) is 0 Å². The first-order valence-corrected chi connectivity index (χ1v) is 8.33. The van der Waals surface area contributed by atoms with Gasteiger partial charge < -0.3 is 5.73 Å². The SMILES string of the molecule is CC(C(N)c1ccccc1)N1CCCC1C1CCCC1. The Balaban J connectivity index is 1.70. The van der Waals surface area contributed by atoms with Crippen LogP contribution in [0.1, 0.15) is 57.1 Å². The third kappa shape index (κ3) is 2.77. The molecule has 2 heteroatoms. The summed E-state index contributed by atoms with van der Waals surface area (Å²) in [4.78, 5) is 2.72. The molecule has 1 aromatic rings. The molecule has 1 heterocycles. The van der Waals surface area contributed by atoms with Crippen molar-refractivity contribution in [1.29, 1.82) is 0 Å². The van der Waals surface area contributed by atoms with E-state index < -0.39 is 0 Å². The summed E-state index contributed by atoms with van der Waals surface area (Å²) in [6.45, 7) is 3.56. The van der Waals surface area contributed by atoms with Crippen molar-refractivity contribution in [3.05, 3.63) is 35.9 Å². The second-order valence-electron chi connectivity index (χ2n) is 6.67. The van der Waals surface area contributed by atoms with Crippen LogP contribution in [0.25, 0.3) is 0 Å². The van der Waals surface area contributed by atoms with Gasteiger partial charge in [0.15, 0.2) is 0 Å². The highest BCUT2D eigenvalue weighted by molar-refractivity contribution is 5.20. The second kappa shape index (κ2) is 6.28. The van der Waals surface area contributed by atoms with Gasteiger partial charge >= 0.3 is 0 Å². The van der Waals surface area contributed by atoms with E-state index in [0.29, 0.717) is 6.04 Å². The molecule has 3 atom stereocenters. The smallest absolute Gasteiger partial charge is 0.0450 e. The number of hydrogen-bond donors (Lipinski definition) is 1. The van der Waals surface area contributed by atoms with Crippen LogP contribution in [0.3, 0.4) is 0 Å². The van der Waals surface area contributed by atoms with Gasteiger partial charge in [0.05, 0.1) is 0 Å². The number of benzene rings is 1. The first-order valence-electron chi connectivity index (χ1n) is 8.33. The van der Waals surface area contributed by atoms with Gasteiger partial charge in [-0.2, -0.15) is 0 Å². The molecule has 2 nitrogen and oxygen atoms in total. The Morgan fingerprint density at radius 1 is 1.05 bits per heavy atom. The first kappa shape index (κ1) is 14.1. The highest BCUT2D eigenvalue weighted by Crippen LogP contribution is 2.37. The summed E-state index contributed by atoms with van der Waals surface area (Å²) >= 11 is 0. The van der Waals surface area contributed by atoms with Crippen molar-refractivity contribution in [2.75, 3.05) is 6.54 Å². The summed E-state index contributed by atoms with van der Waals surface area (Å²) in [7, 11) is 0. The van der Waals surface area contributed by atoms with Crippen molar-refractivity contribution in [3.8, 4) is 0 Å². The van der Waals surface area contributed by atoms with Crippen molar-refractivity contribution in [2.24, 2.45) is 11.7 Å². The summed E-state index contributed by atoms with van der Waals surface area (Å²) in [6.07, 6.45) is 8.49. The topological polar surface area (TPSA) is 29.3 Å². The van der Waals surface area contributed by atoms with Gasteiger partial charge in [-0.3, -0.25) is 4.90 Å². The van der Waals surface area contributed by atoms with Crippen molar-refractivity contribution < 1.29 is 0 Å². The molecule has 0 spiro atoms. The zero-order valence-corrected chi connectivity index (χ0v) is 12.7. The Morgan fingerprint density at radius 3 is 2.45 bits per heavy atom. The molecule has 2 fully saturated rings. The fraction of sp³-hybridized carbons (Fsp3) is 0.667. The molecular weight excluding hydrogens is 244 g/mol. The fourth-order valence-electron chi connectivity index (χ4n) is 4.33. The van der Waals surface area contributed by atoms with Crippen molar-refractivity contribution >= 4 is 0 Å². The molecule has 2 N–H and O–H groups in total. The second-order valence-corrected chi connectivity index (χ2v) is 6.67. The zero-order chi connectivity index (χ0) is 13.9. The minimum Gasteiger partial charge on any atom is -0.323 e. The van der Waals surface area contributed by atoms with E-state index in [1.54, 1.807) is 0 Å². The zero-order valence-electron chi connectivity index (χ0n) is 12.7. The fourth-order valence-corrected chi connectivity index (χ4v) is 4.33. The molecule has 2 aliphatic rings. The summed E-state index contributed by atoms with van der Waals surface area (Å²) < 4.78 is 0. The monoisotopic (exact) mass is 272 g/mol. The van der Waals surface area contributed by atoms with Gasteiger partial charge in [-0.1, -0.05) is 43.2 Å². The number of nitrogens with two attached hydrogens (primary N) is 1. The van der Waals surface area contributed by atoms with E-state index in [4.69, 9.17) is 5.73 Å². The molecule has 0 aromatic heterocycles. The molecule has 0 radical (unpaired) electrons. The van der Waals surface area contributed by atoms with Crippen LogP contribution < -0.4 is 5.73 Å². The van der Waals surface area contributed by atoms with Crippen LogP contribution in [-0.2, 0) is 0 Å². The summed E-state index contributed by atoms with van der Waals surface area (Å²) in [6, 6.07) is 12.0. The summed E-state index contributed by atoms with van der Waals surface area (Å²) in [5.41, 5.74) is 7.81. The number of rotatable bonds is 4. The number of nitrogens with zero attached hydrogens (tertiary/aromatic N) is 1. The van der Waals surface area contributed by atoms with Gasteiger partial charge in [-0.15, -0.1) is 0 Å². The summed E-state index contributed by atoms with van der Waals surface area (Å²) in [5.74, 6) is 0.933. The van der Waals surface area contributed by atoms with E-state index in [1.165, 1.54) is 50.6 Å². The van der Waals surface area contributed by atoms with E-state index in [9.17, 15) is 0 Å². The lowest BCUT2D eigenvalue weighted by atomic mass is 9.93. The summed E-state index contributed by atoms with van der Waals surface area (Å²) in [5, 5.41) is 0. The highest BCUT2D eigenvalue weighted by Gasteiger charge is 2.37. The lowest BCUT2D eigenvalue weighted by Gasteiger charge is -2.37. The van der Waals surface area contributed by atoms with E-state index >= 15 is 0 Å². The van der Waals surface area contributed by atoms with Crippen LogP contribution in [-0.4, -0.2) is 23.5 Å². The maximum atomic E-state index is 6.54. The third-order valence-corrected chi connectivity index (χ3v) is 5.51. The minimum atomic E-state index is 0.137. The van der Waals surface area contributed by atoms with E-state index in [2.05, 4.69) is 42.2 Å². The lowest BCUT2D eigenvalue weighted by molar-refractivity contribution is 0.127. The van der Waals surface area contributed by atoms with E-state index in [0.717, 1.165) is 12.0 Å². The predicted molar refractivity (Wildman–Crippen MR) is 84.5 cm³/mol. The lowest BCUT2D eigenvalue weighted by Crippen LogP contribution is -2.45. The Hall–Kier alpha value is -0.860. The maximum Gasteiger partial charge on any atom is 0.0450 e. The van der Waals surface area contributed by atoms with Crippen LogP contribution in [0.5, 0.6) is 0 Å².